The number of carbonyl (C=O) groups is 1. The number of nitrogens with zero attached hydrogens (tertiary/aromatic N) is 3. The van der Waals surface area contributed by atoms with Crippen LogP contribution in [0, 0.1) is 0 Å². The zero-order valence-corrected chi connectivity index (χ0v) is 17.8. The fourth-order valence-electron chi connectivity index (χ4n) is 2.86. The predicted molar refractivity (Wildman–Crippen MR) is 115 cm³/mol. The first-order valence-electron chi connectivity index (χ1n) is 8.77. The van der Waals surface area contributed by atoms with E-state index >= 15 is 0 Å². The first kappa shape index (κ1) is 20.9. The van der Waals surface area contributed by atoms with Crippen molar-refractivity contribution in [1.82, 2.24) is 9.78 Å². The van der Waals surface area contributed by atoms with Gasteiger partial charge in [-0.25, -0.2) is 17.4 Å². The molecule has 0 aliphatic heterocycles. The maximum atomic E-state index is 12.2. The van der Waals surface area contributed by atoms with E-state index in [9.17, 15) is 13.2 Å². The summed E-state index contributed by atoms with van der Waals surface area (Å²) in [5.74, 6) is -0.635. The lowest BCUT2D eigenvalue weighted by Gasteiger charge is -2.23. The summed E-state index contributed by atoms with van der Waals surface area (Å²) in [7, 11) is -3.02. The van der Waals surface area contributed by atoms with Crippen molar-refractivity contribution in [1.29, 1.82) is 0 Å². The van der Waals surface area contributed by atoms with Crippen LogP contribution >= 0.6 is 11.6 Å². The molecule has 0 spiro atoms. The molecule has 3 aromatic rings. The fraction of sp³-hybridized carbons (Fsp3) is 0.200. The van der Waals surface area contributed by atoms with Crippen molar-refractivity contribution in [3.8, 4) is 5.69 Å². The average molecular weight is 433 g/mol. The van der Waals surface area contributed by atoms with Gasteiger partial charge in [-0.3, -0.25) is 4.79 Å². The van der Waals surface area contributed by atoms with Gasteiger partial charge in [-0.05, 0) is 41.3 Å². The van der Waals surface area contributed by atoms with Crippen LogP contribution in [0.1, 0.15) is 36.7 Å². The molecule has 0 atom stereocenters. The van der Waals surface area contributed by atoms with Gasteiger partial charge in [-0.1, -0.05) is 44.5 Å². The quantitative estimate of drug-likeness (QED) is 0.602. The van der Waals surface area contributed by atoms with Crippen LogP contribution in [-0.2, 0) is 16.3 Å². The van der Waals surface area contributed by atoms with Crippen LogP contribution in [0.3, 0.4) is 0 Å². The third kappa shape index (κ3) is 4.44. The molecule has 152 valence electrons. The Morgan fingerprint density at radius 1 is 1.14 bits per heavy atom. The van der Waals surface area contributed by atoms with Gasteiger partial charge in [0.15, 0.2) is 0 Å². The normalized spacial score (nSPS) is 11.6. The predicted octanol–water partition coefficient (Wildman–Crippen LogP) is 3.59. The Labute approximate surface area is 175 Å². The van der Waals surface area contributed by atoms with Gasteiger partial charge in [0, 0.05) is 11.2 Å². The van der Waals surface area contributed by atoms with Crippen molar-refractivity contribution in [3.05, 3.63) is 71.0 Å². The van der Waals surface area contributed by atoms with Crippen molar-refractivity contribution in [2.24, 2.45) is 5.73 Å². The van der Waals surface area contributed by atoms with E-state index < -0.39 is 16.8 Å². The molecule has 3 rings (SSSR count). The van der Waals surface area contributed by atoms with E-state index in [1.54, 1.807) is 30.3 Å². The number of benzene rings is 2. The van der Waals surface area contributed by atoms with Gasteiger partial charge in [-0.15, -0.1) is 0 Å². The Balaban J connectivity index is 2.14. The van der Waals surface area contributed by atoms with Crippen LogP contribution in [0.5, 0.6) is 0 Å². The smallest absolute Gasteiger partial charge is 0.251 e. The molecule has 0 aliphatic rings. The molecule has 29 heavy (non-hydrogen) atoms. The minimum Gasteiger partial charge on any atom is -0.366 e. The minimum absolute atomic E-state index is 0.0608. The van der Waals surface area contributed by atoms with Crippen molar-refractivity contribution < 1.29 is 13.2 Å². The van der Waals surface area contributed by atoms with Crippen molar-refractivity contribution >= 4 is 39.8 Å². The lowest BCUT2D eigenvalue weighted by atomic mass is 9.87. The maximum Gasteiger partial charge on any atom is 0.251 e. The molecule has 0 fully saturated rings. The zero-order chi connectivity index (χ0) is 21.3. The van der Waals surface area contributed by atoms with Crippen LogP contribution in [0.15, 0.2) is 54.9 Å². The SMILES string of the molecule is CC(C)(C)c1ccc(N(c2ccc(Cl)cc2-n2cc(C(N)=O)cn2)[SH](=O)=O)cc1. The highest BCUT2D eigenvalue weighted by Crippen LogP contribution is 2.34. The van der Waals surface area contributed by atoms with Crippen molar-refractivity contribution in [2.75, 3.05) is 4.31 Å². The Bertz CT molecular complexity index is 1120. The van der Waals surface area contributed by atoms with Gasteiger partial charge in [0.1, 0.15) is 0 Å². The van der Waals surface area contributed by atoms with E-state index in [-0.39, 0.29) is 11.0 Å². The molecule has 7 nitrogen and oxygen atoms in total. The summed E-state index contributed by atoms with van der Waals surface area (Å²) >= 11 is 6.14. The second kappa shape index (κ2) is 7.88. The molecule has 0 saturated carbocycles. The molecule has 1 amide bonds. The maximum absolute atomic E-state index is 12.2. The van der Waals surface area contributed by atoms with E-state index in [0.29, 0.717) is 22.1 Å². The minimum atomic E-state index is -3.02. The highest BCUT2D eigenvalue weighted by Gasteiger charge is 2.20. The number of halogens is 1. The Morgan fingerprint density at radius 3 is 2.31 bits per heavy atom. The molecule has 0 radical (unpaired) electrons. The van der Waals surface area contributed by atoms with Gasteiger partial charge in [-0.2, -0.15) is 5.10 Å². The molecule has 0 aliphatic carbocycles. The van der Waals surface area contributed by atoms with Crippen LogP contribution in [0.25, 0.3) is 5.69 Å². The zero-order valence-electron chi connectivity index (χ0n) is 16.2. The molecular weight excluding hydrogens is 412 g/mol. The van der Waals surface area contributed by atoms with Gasteiger partial charge in [0.05, 0.1) is 28.8 Å². The highest BCUT2D eigenvalue weighted by atomic mass is 35.5. The molecule has 9 heteroatoms. The lowest BCUT2D eigenvalue weighted by molar-refractivity contribution is 0.100. The molecule has 1 aromatic heterocycles. The molecule has 1 heterocycles. The summed E-state index contributed by atoms with van der Waals surface area (Å²) in [6.07, 6.45) is 2.74. The largest absolute Gasteiger partial charge is 0.366 e. The summed E-state index contributed by atoms with van der Waals surface area (Å²) in [6.45, 7) is 6.25. The van der Waals surface area contributed by atoms with E-state index in [2.05, 4.69) is 25.9 Å². The van der Waals surface area contributed by atoms with Gasteiger partial charge in [0.25, 0.3) is 5.91 Å². The fourth-order valence-corrected chi connectivity index (χ4v) is 3.70. The monoisotopic (exact) mass is 432 g/mol. The average Bonchev–Trinajstić information content (AvgIpc) is 3.13. The van der Waals surface area contributed by atoms with E-state index in [1.165, 1.54) is 21.4 Å². The number of carbonyl (C=O) groups excluding carboxylic acids is 1. The van der Waals surface area contributed by atoms with Crippen LogP contribution < -0.4 is 10.0 Å². The molecule has 0 bridgehead atoms. The summed E-state index contributed by atoms with van der Waals surface area (Å²) < 4.78 is 26.9. The topological polar surface area (TPSA) is 98.3 Å². The molecular formula is C20H21ClN4O3S. The number of amides is 1. The lowest BCUT2D eigenvalue weighted by Crippen LogP contribution is -2.18. The number of aromatic nitrogens is 2. The molecule has 0 saturated heterocycles. The summed E-state index contributed by atoms with van der Waals surface area (Å²) in [4.78, 5) is 11.4. The number of nitrogens with two attached hydrogens (primary N) is 1. The summed E-state index contributed by atoms with van der Waals surface area (Å²) in [5.41, 5.74) is 7.72. The van der Waals surface area contributed by atoms with E-state index in [1.807, 2.05) is 12.1 Å². The highest BCUT2D eigenvalue weighted by molar-refractivity contribution is 7.74. The van der Waals surface area contributed by atoms with Crippen molar-refractivity contribution in [3.63, 3.8) is 0 Å². The molecule has 2 aromatic carbocycles. The molecule has 0 unspecified atom stereocenters. The Kier molecular flexibility index (Phi) is 5.68. The van der Waals surface area contributed by atoms with Crippen molar-refractivity contribution in [2.45, 2.75) is 26.2 Å². The van der Waals surface area contributed by atoms with Gasteiger partial charge < -0.3 is 5.73 Å². The number of rotatable bonds is 5. The number of hydrogen-bond acceptors (Lipinski definition) is 4. The number of hydrogen-bond donors (Lipinski definition) is 2. The number of thiol groups is 1. The van der Waals surface area contributed by atoms with Crippen LogP contribution in [0.4, 0.5) is 11.4 Å². The van der Waals surface area contributed by atoms with Crippen LogP contribution in [0.2, 0.25) is 5.02 Å². The second-order valence-electron chi connectivity index (χ2n) is 7.52. The Morgan fingerprint density at radius 2 is 1.79 bits per heavy atom. The standard InChI is InChI=1S/C20H21ClN4O3S/c1-20(2,3)14-4-7-16(8-5-14)25(29(27)28)17-9-6-15(21)10-18(17)24-12-13(11-23-24)19(22)26/h4-12,29H,1-3H3,(H2,22,26). The van der Waals surface area contributed by atoms with Crippen LogP contribution in [-0.4, -0.2) is 24.1 Å². The van der Waals surface area contributed by atoms with E-state index in [0.717, 1.165) is 5.56 Å². The number of anilines is 2. The van der Waals surface area contributed by atoms with Gasteiger partial charge >= 0.3 is 0 Å². The van der Waals surface area contributed by atoms with E-state index in [4.69, 9.17) is 17.3 Å². The summed E-state index contributed by atoms with van der Waals surface area (Å²) in [5, 5.41) is 4.52. The van der Waals surface area contributed by atoms with Gasteiger partial charge in [0.2, 0.25) is 10.9 Å². The first-order chi connectivity index (χ1) is 13.6. The summed E-state index contributed by atoms with van der Waals surface area (Å²) in [6, 6.07) is 12.1. The second-order valence-corrected chi connectivity index (χ2v) is 8.83. The molecule has 2 N–H and O–H groups in total. The first-order valence-corrected chi connectivity index (χ1v) is 10.3. The Hall–Kier alpha value is -2.84. The number of primary amides is 1. The third-order valence-corrected chi connectivity index (χ3v) is 5.43. The third-order valence-electron chi connectivity index (χ3n) is 4.42.